The molecule has 0 saturated carbocycles. The third kappa shape index (κ3) is 4.24. The van der Waals surface area contributed by atoms with Crippen molar-refractivity contribution < 1.29 is 9.18 Å². The highest BCUT2D eigenvalue weighted by Gasteiger charge is 2.20. The van der Waals surface area contributed by atoms with Crippen LogP contribution in [0.1, 0.15) is 31.9 Å². The second kappa shape index (κ2) is 8.73. The summed E-state index contributed by atoms with van der Waals surface area (Å²) in [5.41, 5.74) is 5.06. The molecule has 32 heavy (non-hydrogen) atoms. The zero-order valence-corrected chi connectivity index (χ0v) is 18.9. The minimum atomic E-state index is -0.286. The summed E-state index contributed by atoms with van der Waals surface area (Å²) < 4.78 is 13.5. The molecule has 3 nitrogen and oxygen atoms in total. The first-order valence-electron chi connectivity index (χ1n) is 10.1. The van der Waals surface area contributed by atoms with E-state index in [1.807, 2.05) is 43.3 Å². The van der Waals surface area contributed by atoms with Crippen LogP contribution in [0.15, 0.2) is 93.0 Å². The second-order valence-electron chi connectivity index (χ2n) is 7.52. The number of rotatable bonds is 4. The average molecular weight is 459 g/mol. The molecule has 0 saturated heterocycles. The van der Waals surface area contributed by atoms with E-state index < -0.39 is 0 Å². The lowest BCUT2D eigenvalue weighted by molar-refractivity contribution is 0.0951. The minimum absolute atomic E-state index is 0.135. The Balaban J connectivity index is 1.51. The number of fused-ring (bicyclic) bond motifs is 2. The Bertz CT molecular complexity index is 1340. The van der Waals surface area contributed by atoms with Gasteiger partial charge in [0.1, 0.15) is 5.82 Å². The zero-order valence-electron chi connectivity index (χ0n) is 17.3. The summed E-state index contributed by atoms with van der Waals surface area (Å²) >= 11 is 3.26. The highest BCUT2D eigenvalue weighted by Crippen LogP contribution is 2.41. The van der Waals surface area contributed by atoms with Crippen molar-refractivity contribution in [2.24, 2.45) is 4.99 Å². The van der Waals surface area contributed by atoms with Crippen LogP contribution in [0.2, 0.25) is 0 Å². The summed E-state index contributed by atoms with van der Waals surface area (Å²) in [5, 5.41) is 5.07. The number of nitrogens with one attached hydrogen (secondary N) is 1. The number of benzene rings is 3. The maximum absolute atomic E-state index is 13.5. The lowest BCUT2D eigenvalue weighted by Crippen LogP contribution is -2.22. The standard InChI is InChI=1S/C26H19FN2OS2/c1-16-12-20(31-15-16)14-28-26(30)18-8-11-24-22(13-18)29-25(17-6-9-19(27)10-7-17)21-4-2-3-5-23(21)32-24/h2-13,15H,14H2,1H3,(H,28,30). The maximum atomic E-state index is 13.5. The fourth-order valence-corrected chi connectivity index (χ4v) is 5.38. The van der Waals surface area contributed by atoms with Crippen molar-refractivity contribution in [1.29, 1.82) is 0 Å². The van der Waals surface area contributed by atoms with Gasteiger partial charge in [-0.2, -0.15) is 0 Å². The van der Waals surface area contributed by atoms with E-state index in [0.29, 0.717) is 12.1 Å². The highest BCUT2D eigenvalue weighted by atomic mass is 32.2. The molecule has 2 heterocycles. The number of hydrogen-bond acceptors (Lipinski definition) is 4. The summed E-state index contributed by atoms with van der Waals surface area (Å²) in [4.78, 5) is 20.9. The molecule has 3 aromatic carbocycles. The normalized spacial score (nSPS) is 12.4. The van der Waals surface area contributed by atoms with Gasteiger partial charge in [-0.05, 0) is 72.5 Å². The number of carbonyl (C=O) groups is 1. The largest absolute Gasteiger partial charge is 0.347 e. The van der Waals surface area contributed by atoms with Crippen molar-refractivity contribution in [3.63, 3.8) is 0 Å². The van der Waals surface area contributed by atoms with E-state index in [4.69, 9.17) is 4.99 Å². The highest BCUT2D eigenvalue weighted by molar-refractivity contribution is 7.99. The molecule has 0 fully saturated rings. The molecule has 1 aliphatic rings. The van der Waals surface area contributed by atoms with Gasteiger partial charge in [0.05, 0.1) is 17.9 Å². The molecule has 1 amide bonds. The van der Waals surface area contributed by atoms with Crippen LogP contribution in [0.3, 0.4) is 0 Å². The van der Waals surface area contributed by atoms with E-state index >= 15 is 0 Å². The summed E-state index contributed by atoms with van der Waals surface area (Å²) in [5.74, 6) is -0.421. The van der Waals surface area contributed by atoms with Gasteiger partial charge in [0.15, 0.2) is 0 Å². The maximum Gasteiger partial charge on any atom is 0.251 e. The van der Waals surface area contributed by atoms with E-state index in [2.05, 4.69) is 22.8 Å². The molecule has 0 bridgehead atoms. The number of aryl methyl sites for hydroxylation is 1. The number of nitrogens with zero attached hydrogens (tertiary/aromatic N) is 1. The topological polar surface area (TPSA) is 41.5 Å². The van der Waals surface area contributed by atoms with Crippen molar-refractivity contribution in [2.75, 3.05) is 0 Å². The Morgan fingerprint density at radius 1 is 1.00 bits per heavy atom. The molecule has 1 aromatic heterocycles. The molecule has 4 aromatic rings. The van der Waals surface area contributed by atoms with Crippen LogP contribution in [0.5, 0.6) is 0 Å². The molecule has 6 heteroatoms. The Hall–Kier alpha value is -3.22. The average Bonchev–Trinajstić information content (AvgIpc) is 3.15. The number of aliphatic imine (C=N–C) groups is 1. The quantitative estimate of drug-likeness (QED) is 0.323. The Morgan fingerprint density at radius 2 is 1.81 bits per heavy atom. The Kier molecular flexibility index (Phi) is 5.64. The summed E-state index contributed by atoms with van der Waals surface area (Å²) in [6.07, 6.45) is 0. The molecular formula is C26H19FN2OS2. The van der Waals surface area contributed by atoms with Gasteiger partial charge in [-0.15, -0.1) is 11.3 Å². The molecule has 1 N–H and O–H groups in total. The first-order chi connectivity index (χ1) is 15.6. The molecule has 0 aliphatic carbocycles. The van der Waals surface area contributed by atoms with E-state index in [1.54, 1.807) is 35.2 Å². The fraction of sp³-hybridized carbons (Fsp3) is 0.0769. The Labute approximate surface area is 194 Å². The predicted molar refractivity (Wildman–Crippen MR) is 129 cm³/mol. The van der Waals surface area contributed by atoms with Gasteiger partial charge in [-0.3, -0.25) is 4.79 Å². The molecule has 1 aliphatic heterocycles. The van der Waals surface area contributed by atoms with Gasteiger partial charge >= 0.3 is 0 Å². The van der Waals surface area contributed by atoms with Crippen molar-refractivity contribution >= 4 is 40.4 Å². The van der Waals surface area contributed by atoms with E-state index in [0.717, 1.165) is 37.2 Å². The van der Waals surface area contributed by atoms with Crippen LogP contribution in [0, 0.1) is 12.7 Å². The van der Waals surface area contributed by atoms with Crippen molar-refractivity contribution in [3.8, 4) is 0 Å². The van der Waals surface area contributed by atoms with Crippen LogP contribution >= 0.6 is 23.1 Å². The number of thiophene rings is 1. The van der Waals surface area contributed by atoms with Crippen LogP contribution < -0.4 is 5.32 Å². The molecule has 0 atom stereocenters. The van der Waals surface area contributed by atoms with Crippen LogP contribution in [0.25, 0.3) is 0 Å². The van der Waals surface area contributed by atoms with Gasteiger partial charge in [0, 0.05) is 31.4 Å². The number of hydrogen-bond donors (Lipinski definition) is 1. The SMILES string of the molecule is Cc1csc(CNC(=O)c2ccc3c(c2)N=C(c2ccc(F)cc2)c2ccccc2S3)c1. The molecule has 0 spiro atoms. The summed E-state index contributed by atoms with van der Waals surface area (Å²) in [7, 11) is 0. The van der Waals surface area contributed by atoms with E-state index in [-0.39, 0.29) is 11.7 Å². The lowest BCUT2D eigenvalue weighted by atomic mass is 10.0. The van der Waals surface area contributed by atoms with Crippen LogP contribution in [-0.4, -0.2) is 11.6 Å². The molecule has 158 valence electrons. The monoisotopic (exact) mass is 458 g/mol. The smallest absolute Gasteiger partial charge is 0.251 e. The van der Waals surface area contributed by atoms with Gasteiger partial charge in [0.2, 0.25) is 0 Å². The third-order valence-corrected chi connectivity index (χ3v) is 7.34. The van der Waals surface area contributed by atoms with Gasteiger partial charge in [0.25, 0.3) is 5.91 Å². The first-order valence-corrected chi connectivity index (χ1v) is 11.8. The molecule has 0 unspecified atom stereocenters. The van der Waals surface area contributed by atoms with Crippen LogP contribution in [0.4, 0.5) is 10.1 Å². The molecule has 0 radical (unpaired) electrons. The van der Waals surface area contributed by atoms with Gasteiger partial charge in [-0.25, -0.2) is 9.38 Å². The van der Waals surface area contributed by atoms with Gasteiger partial charge < -0.3 is 5.32 Å². The first kappa shape index (κ1) is 20.7. The summed E-state index contributed by atoms with van der Waals surface area (Å²) in [6, 6.07) is 22.1. The summed E-state index contributed by atoms with van der Waals surface area (Å²) in [6.45, 7) is 2.54. The zero-order chi connectivity index (χ0) is 22.1. The van der Waals surface area contributed by atoms with Crippen molar-refractivity contribution in [3.05, 3.63) is 111 Å². The number of amides is 1. The number of halogens is 1. The fourth-order valence-electron chi connectivity index (χ4n) is 3.56. The van der Waals surface area contributed by atoms with Crippen molar-refractivity contribution in [1.82, 2.24) is 5.32 Å². The third-order valence-electron chi connectivity index (χ3n) is 5.14. The van der Waals surface area contributed by atoms with Crippen LogP contribution in [-0.2, 0) is 6.54 Å². The predicted octanol–water partition coefficient (Wildman–Crippen LogP) is 6.76. The van der Waals surface area contributed by atoms with Crippen molar-refractivity contribution in [2.45, 2.75) is 23.3 Å². The minimum Gasteiger partial charge on any atom is -0.347 e. The molecular weight excluding hydrogens is 439 g/mol. The second-order valence-corrected chi connectivity index (χ2v) is 9.60. The number of carbonyl (C=O) groups excluding carboxylic acids is 1. The Morgan fingerprint density at radius 3 is 2.59 bits per heavy atom. The molecule has 5 rings (SSSR count). The van der Waals surface area contributed by atoms with E-state index in [1.165, 1.54) is 17.7 Å². The lowest BCUT2D eigenvalue weighted by Gasteiger charge is -2.08. The van der Waals surface area contributed by atoms with Gasteiger partial charge in [-0.1, -0.05) is 30.0 Å². The van der Waals surface area contributed by atoms with E-state index in [9.17, 15) is 9.18 Å².